The maximum absolute atomic E-state index is 11.5. The van der Waals surface area contributed by atoms with Gasteiger partial charge in [0.2, 0.25) is 0 Å². The molecule has 0 heterocycles. The van der Waals surface area contributed by atoms with E-state index >= 15 is 0 Å². The van der Waals surface area contributed by atoms with Crippen LogP contribution in [0.25, 0.3) is 0 Å². The highest BCUT2D eigenvalue weighted by Gasteiger charge is 2.18. The van der Waals surface area contributed by atoms with Crippen LogP contribution in [0, 0.1) is 0 Å². The lowest BCUT2D eigenvalue weighted by molar-refractivity contribution is 0.101. The molecule has 0 unspecified atom stereocenters. The Labute approximate surface area is 125 Å². The van der Waals surface area contributed by atoms with Gasteiger partial charge in [-0.2, -0.15) is 0 Å². The Morgan fingerprint density at radius 1 is 1.20 bits per heavy atom. The predicted octanol–water partition coefficient (Wildman–Crippen LogP) is 4.23. The zero-order chi connectivity index (χ0) is 14.0. The van der Waals surface area contributed by atoms with Crippen LogP contribution in [0.1, 0.15) is 38.5 Å². The molecule has 20 heavy (non-hydrogen) atoms. The van der Waals surface area contributed by atoms with Crippen LogP contribution in [0.3, 0.4) is 0 Å². The summed E-state index contributed by atoms with van der Waals surface area (Å²) in [6.45, 7) is 0.709. The van der Waals surface area contributed by atoms with E-state index < -0.39 is 0 Å². The molecule has 2 rings (SSSR count). The minimum Gasteiger partial charge on any atom is -0.446 e. The fourth-order valence-corrected chi connectivity index (χ4v) is 3.26. The average molecular weight is 293 g/mol. The summed E-state index contributed by atoms with van der Waals surface area (Å²) in [6.07, 6.45) is 6.45. The second-order valence-corrected chi connectivity index (χ2v) is 6.28. The van der Waals surface area contributed by atoms with E-state index in [1.165, 1.54) is 17.7 Å². The number of hydrogen-bond acceptors (Lipinski definition) is 3. The summed E-state index contributed by atoms with van der Waals surface area (Å²) >= 11 is 1.86. The van der Waals surface area contributed by atoms with Crippen molar-refractivity contribution in [2.45, 2.75) is 49.5 Å². The standard InChI is InChI=1S/C16H23NO2S/c18-16(19-14-8-4-5-9-14)17-12-6-7-13-20-15-10-2-1-3-11-15/h1-3,10-11,14H,4-9,12-13H2,(H,17,18). The number of unbranched alkanes of at least 4 members (excludes halogenated alkanes) is 1. The van der Waals surface area contributed by atoms with Gasteiger partial charge < -0.3 is 10.1 Å². The van der Waals surface area contributed by atoms with Crippen LogP contribution in [-0.4, -0.2) is 24.5 Å². The molecule has 1 fully saturated rings. The third-order valence-electron chi connectivity index (χ3n) is 3.43. The highest BCUT2D eigenvalue weighted by molar-refractivity contribution is 7.99. The highest BCUT2D eigenvalue weighted by Crippen LogP contribution is 2.21. The quantitative estimate of drug-likeness (QED) is 0.604. The third-order valence-corrected chi connectivity index (χ3v) is 4.53. The second-order valence-electron chi connectivity index (χ2n) is 5.11. The van der Waals surface area contributed by atoms with Crippen molar-refractivity contribution in [1.82, 2.24) is 5.32 Å². The van der Waals surface area contributed by atoms with E-state index in [4.69, 9.17) is 4.74 Å². The first-order valence-electron chi connectivity index (χ1n) is 7.47. The summed E-state index contributed by atoms with van der Waals surface area (Å²) in [5, 5.41) is 2.84. The maximum Gasteiger partial charge on any atom is 0.407 e. The fourth-order valence-electron chi connectivity index (χ4n) is 2.32. The van der Waals surface area contributed by atoms with Gasteiger partial charge in [-0.05, 0) is 56.4 Å². The number of ether oxygens (including phenoxy) is 1. The Morgan fingerprint density at radius 3 is 2.70 bits per heavy atom. The van der Waals surface area contributed by atoms with Gasteiger partial charge in [-0.3, -0.25) is 0 Å². The molecule has 0 atom stereocenters. The average Bonchev–Trinajstić information content (AvgIpc) is 2.96. The van der Waals surface area contributed by atoms with Gasteiger partial charge in [0.05, 0.1) is 0 Å². The summed E-state index contributed by atoms with van der Waals surface area (Å²) in [6, 6.07) is 10.4. The molecule has 1 amide bonds. The van der Waals surface area contributed by atoms with E-state index in [0.717, 1.165) is 31.4 Å². The van der Waals surface area contributed by atoms with Gasteiger partial charge in [-0.25, -0.2) is 4.79 Å². The Kier molecular flexibility index (Phi) is 6.78. The van der Waals surface area contributed by atoms with Crippen LogP contribution in [0.4, 0.5) is 4.79 Å². The molecule has 1 N–H and O–H groups in total. The molecule has 1 aliphatic carbocycles. The molecule has 0 spiro atoms. The van der Waals surface area contributed by atoms with Crippen LogP contribution < -0.4 is 5.32 Å². The van der Waals surface area contributed by atoms with Crippen molar-refractivity contribution >= 4 is 17.9 Å². The number of nitrogens with one attached hydrogen (secondary N) is 1. The minimum absolute atomic E-state index is 0.156. The van der Waals surface area contributed by atoms with Gasteiger partial charge in [0, 0.05) is 11.4 Å². The molecule has 0 saturated heterocycles. The number of hydrogen-bond donors (Lipinski definition) is 1. The van der Waals surface area contributed by atoms with E-state index in [9.17, 15) is 4.79 Å². The molecule has 110 valence electrons. The SMILES string of the molecule is O=C(NCCCCSc1ccccc1)OC1CCCC1. The molecule has 4 heteroatoms. The largest absolute Gasteiger partial charge is 0.446 e. The van der Waals surface area contributed by atoms with E-state index in [-0.39, 0.29) is 12.2 Å². The maximum atomic E-state index is 11.5. The van der Waals surface area contributed by atoms with Crippen LogP contribution in [0.2, 0.25) is 0 Å². The number of amides is 1. The molecular weight excluding hydrogens is 270 g/mol. The Bertz CT molecular complexity index is 391. The lowest BCUT2D eigenvalue weighted by atomic mass is 10.3. The Morgan fingerprint density at radius 2 is 1.95 bits per heavy atom. The first-order valence-corrected chi connectivity index (χ1v) is 8.45. The summed E-state index contributed by atoms with van der Waals surface area (Å²) in [5.74, 6) is 1.09. The van der Waals surface area contributed by atoms with Crippen molar-refractivity contribution < 1.29 is 9.53 Å². The molecule has 1 saturated carbocycles. The van der Waals surface area contributed by atoms with Gasteiger partial charge in [0.1, 0.15) is 6.10 Å². The second kappa shape index (κ2) is 8.90. The van der Waals surface area contributed by atoms with Crippen LogP contribution in [0.15, 0.2) is 35.2 Å². The van der Waals surface area contributed by atoms with Gasteiger partial charge in [0.25, 0.3) is 0 Å². The predicted molar refractivity (Wildman–Crippen MR) is 83.1 cm³/mol. The van der Waals surface area contributed by atoms with Crippen molar-refractivity contribution in [1.29, 1.82) is 0 Å². The Hall–Kier alpha value is -1.16. The highest BCUT2D eigenvalue weighted by atomic mass is 32.2. The van der Waals surface area contributed by atoms with E-state index in [0.29, 0.717) is 6.54 Å². The van der Waals surface area contributed by atoms with Crippen LogP contribution in [-0.2, 0) is 4.74 Å². The summed E-state index contributed by atoms with van der Waals surface area (Å²) in [5.41, 5.74) is 0. The molecule has 3 nitrogen and oxygen atoms in total. The molecule has 1 aliphatic rings. The first kappa shape index (κ1) is 15.2. The molecule has 0 radical (unpaired) electrons. The molecule has 1 aromatic rings. The number of carbonyl (C=O) groups excluding carboxylic acids is 1. The molecular formula is C16H23NO2S. The number of rotatable bonds is 7. The number of benzene rings is 1. The van der Waals surface area contributed by atoms with Crippen molar-refractivity contribution in [3.63, 3.8) is 0 Å². The Balaban J connectivity index is 1.46. The van der Waals surface area contributed by atoms with Gasteiger partial charge in [-0.1, -0.05) is 18.2 Å². The zero-order valence-corrected chi connectivity index (χ0v) is 12.7. The van der Waals surface area contributed by atoms with Crippen LogP contribution >= 0.6 is 11.8 Å². The smallest absolute Gasteiger partial charge is 0.407 e. The topological polar surface area (TPSA) is 38.3 Å². The van der Waals surface area contributed by atoms with Gasteiger partial charge in [-0.15, -0.1) is 11.8 Å². The normalized spacial score (nSPS) is 15.2. The molecule has 0 bridgehead atoms. The van der Waals surface area contributed by atoms with Crippen LogP contribution in [0.5, 0.6) is 0 Å². The lowest BCUT2D eigenvalue weighted by Crippen LogP contribution is -2.28. The number of carbonyl (C=O) groups is 1. The minimum atomic E-state index is -0.243. The van der Waals surface area contributed by atoms with Gasteiger partial charge >= 0.3 is 6.09 Å². The summed E-state index contributed by atoms with van der Waals surface area (Å²) < 4.78 is 5.33. The number of alkyl carbamates (subject to hydrolysis) is 1. The van der Waals surface area contributed by atoms with Crippen molar-refractivity contribution in [2.75, 3.05) is 12.3 Å². The van der Waals surface area contributed by atoms with Crippen molar-refractivity contribution in [3.05, 3.63) is 30.3 Å². The van der Waals surface area contributed by atoms with Crippen molar-refractivity contribution in [2.24, 2.45) is 0 Å². The summed E-state index contributed by atoms with van der Waals surface area (Å²) in [7, 11) is 0. The molecule has 1 aromatic carbocycles. The monoisotopic (exact) mass is 293 g/mol. The first-order chi connectivity index (χ1) is 9.84. The molecule has 0 aliphatic heterocycles. The van der Waals surface area contributed by atoms with Crippen molar-refractivity contribution in [3.8, 4) is 0 Å². The molecule has 0 aromatic heterocycles. The lowest BCUT2D eigenvalue weighted by Gasteiger charge is -2.12. The third kappa shape index (κ3) is 5.87. The fraction of sp³-hybridized carbons (Fsp3) is 0.562. The van der Waals surface area contributed by atoms with E-state index in [2.05, 4.69) is 29.6 Å². The van der Waals surface area contributed by atoms with E-state index in [1.807, 2.05) is 17.8 Å². The zero-order valence-electron chi connectivity index (χ0n) is 11.8. The summed E-state index contributed by atoms with van der Waals surface area (Å²) in [4.78, 5) is 12.8. The number of thioether (sulfide) groups is 1. The van der Waals surface area contributed by atoms with E-state index in [1.54, 1.807) is 0 Å². The van der Waals surface area contributed by atoms with Gasteiger partial charge in [0.15, 0.2) is 0 Å².